The average Bonchev–Trinajstić information content (AvgIpc) is 2.45. The van der Waals surface area contributed by atoms with Crippen molar-refractivity contribution in [3.63, 3.8) is 0 Å². The van der Waals surface area contributed by atoms with Gasteiger partial charge in [-0.2, -0.15) is 0 Å². The molecular weight excluding hydrogens is 281 g/mol. The smallest absolute Gasteiger partial charge is 0.233 e. The summed E-state index contributed by atoms with van der Waals surface area (Å²) in [4.78, 5) is 12.1. The zero-order valence-corrected chi connectivity index (χ0v) is 10.9. The lowest BCUT2D eigenvalue weighted by atomic mass is 9.98. The predicted molar refractivity (Wildman–Crippen MR) is 73.2 cm³/mol. The summed E-state index contributed by atoms with van der Waals surface area (Å²) in [6.07, 6.45) is 0. The number of carbonyl (C=O) groups excluding carboxylic acids is 1. The Balaban J connectivity index is 2.25. The maximum absolute atomic E-state index is 13.5. The quantitative estimate of drug-likeness (QED) is 0.911. The number of hydrogen-bond acceptors (Lipinski definition) is 2. The molecule has 0 bridgehead atoms. The van der Waals surface area contributed by atoms with Crippen molar-refractivity contribution in [3.8, 4) is 0 Å². The first-order chi connectivity index (χ1) is 10.0. The molecule has 2 rings (SSSR count). The van der Waals surface area contributed by atoms with Crippen LogP contribution >= 0.6 is 0 Å². The summed E-state index contributed by atoms with van der Waals surface area (Å²) in [7, 11) is 0. The highest BCUT2D eigenvalue weighted by Crippen LogP contribution is 2.23. The van der Waals surface area contributed by atoms with Crippen LogP contribution in [0.15, 0.2) is 42.5 Å². The van der Waals surface area contributed by atoms with Crippen molar-refractivity contribution >= 4 is 11.6 Å². The Labute approximate surface area is 119 Å². The van der Waals surface area contributed by atoms with E-state index in [1.54, 1.807) is 30.3 Å². The fraction of sp³-hybridized carbons (Fsp3) is 0.133. The largest absolute Gasteiger partial charge is 0.329 e. The highest BCUT2D eigenvalue weighted by atomic mass is 19.1. The molecule has 1 unspecified atom stereocenters. The maximum atomic E-state index is 13.5. The van der Waals surface area contributed by atoms with Crippen LogP contribution in [-0.4, -0.2) is 12.5 Å². The summed E-state index contributed by atoms with van der Waals surface area (Å²) in [5.41, 5.74) is 5.49. The topological polar surface area (TPSA) is 55.1 Å². The number of nitrogens with two attached hydrogens (primary N) is 1. The summed E-state index contributed by atoms with van der Waals surface area (Å²) in [6, 6.07) is 9.60. The van der Waals surface area contributed by atoms with E-state index in [1.165, 1.54) is 0 Å². The van der Waals surface area contributed by atoms with Crippen LogP contribution < -0.4 is 11.1 Å². The highest BCUT2D eigenvalue weighted by molar-refractivity contribution is 5.96. The summed E-state index contributed by atoms with van der Waals surface area (Å²) in [5, 5.41) is 2.12. The van der Waals surface area contributed by atoms with Crippen LogP contribution in [0, 0.1) is 17.5 Å². The lowest BCUT2D eigenvalue weighted by Gasteiger charge is -2.16. The Morgan fingerprint density at radius 1 is 1.10 bits per heavy atom. The molecule has 0 saturated heterocycles. The van der Waals surface area contributed by atoms with E-state index < -0.39 is 35.0 Å². The average molecular weight is 294 g/mol. The zero-order valence-electron chi connectivity index (χ0n) is 10.9. The number of hydrogen-bond donors (Lipinski definition) is 2. The SMILES string of the molecule is NCC(C(=O)Nc1c(F)cc(F)cc1F)c1ccccc1. The van der Waals surface area contributed by atoms with E-state index in [4.69, 9.17) is 5.73 Å². The minimum absolute atomic E-state index is 0.0275. The van der Waals surface area contributed by atoms with Crippen molar-refractivity contribution in [2.75, 3.05) is 11.9 Å². The van der Waals surface area contributed by atoms with E-state index in [9.17, 15) is 18.0 Å². The Bertz CT molecular complexity index is 624. The molecule has 1 amide bonds. The van der Waals surface area contributed by atoms with Gasteiger partial charge in [0.05, 0.1) is 5.92 Å². The number of anilines is 1. The van der Waals surface area contributed by atoms with Crippen molar-refractivity contribution < 1.29 is 18.0 Å². The fourth-order valence-electron chi connectivity index (χ4n) is 1.95. The van der Waals surface area contributed by atoms with Gasteiger partial charge in [-0.1, -0.05) is 30.3 Å². The van der Waals surface area contributed by atoms with Gasteiger partial charge in [-0.3, -0.25) is 4.79 Å². The minimum atomic E-state index is -1.18. The lowest BCUT2D eigenvalue weighted by Crippen LogP contribution is -2.28. The second-order valence-electron chi connectivity index (χ2n) is 4.43. The van der Waals surface area contributed by atoms with Crippen molar-refractivity contribution in [2.24, 2.45) is 5.73 Å². The molecule has 2 aromatic rings. The van der Waals surface area contributed by atoms with Gasteiger partial charge in [0.25, 0.3) is 0 Å². The van der Waals surface area contributed by atoms with Gasteiger partial charge < -0.3 is 11.1 Å². The Kier molecular flexibility index (Phi) is 4.59. The molecule has 21 heavy (non-hydrogen) atoms. The van der Waals surface area contributed by atoms with Crippen molar-refractivity contribution in [2.45, 2.75) is 5.92 Å². The van der Waals surface area contributed by atoms with Crippen LogP contribution in [0.5, 0.6) is 0 Å². The predicted octanol–water partition coefficient (Wildman–Crippen LogP) is 2.78. The molecule has 0 fully saturated rings. The van der Waals surface area contributed by atoms with Crippen molar-refractivity contribution in [1.82, 2.24) is 0 Å². The molecule has 1 atom stereocenters. The van der Waals surface area contributed by atoms with Gasteiger partial charge in [-0.15, -0.1) is 0 Å². The Hall–Kier alpha value is -2.34. The van der Waals surface area contributed by atoms with Gasteiger partial charge in [-0.25, -0.2) is 13.2 Å². The number of carbonyl (C=O) groups is 1. The van der Waals surface area contributed by atoms with E-state index in [0.29, 0.717) is 17.7 Å². The highest BCUT2D eigenvalue weighted by Gasteiger charge is 2.22. The standard InChI is InChI=1S/C15H13F3N2O/c16-10-6-12(17)14(13(18)7-10)20-15(21)11(8-19)9-4-2-1-3-5-9/h1-7,11H,8,19H2,(H,20,21). The van der Waals surface area contributed by atoms with Crippen LogP contribution in [0.2, 0.25) is 0 Å². The monoisotopic (exact) mass is 294 g/mol. The molecule has 0 aliphatic rings. The molecule has 6 heteroatoms. The molecule has 0 radical (unpaired) electrons. The van der Waals surface area contributed by atoms with E-state index in [2.05, 4.69) is 5.32 Å². The third-order valence-electron chi connectivity index (χ3n) is 3.01. The first kappa shape index (κ1) is 15.1. The Morgan fingerprint density at radius 2 is 1.67 bits per heavy atom. The molecule has 0 aliphatic carbocycles. The van der Waals surface area contributed by atoms with Crippen molar-refractivity contribution in [1.29, 1.82) is 0 Å². The summed E-state index contributed by atoms with van der Waals surface area (Å²) >= 11 is 0. The van der Waals surface area contributed by atoms with Crippen LogP contribution in [0.1, 0.15) is 11.5 Å². The maximum Gasteiger partial charge on any atom is 0.233 e. The van der Waals surface area contributed by atoms with Crippen LogP contribution in [0.4, 0.5) is 18.9 Å². The van der Waals surface area contributed by atoms with Crippen LogP contribution in [0.25, 0.3) is 0 Å². The van der Waals surface area contributed by atoms with Crippen LogP contribution in [0.3, 0.4) is 0 Å². The van der Waals surface area contributed by atoms with E-state index >= 15 is 0 Å². The third-order valence-corrected chi connectivity index (χ3v) is 3.01. The van der Waals surface area contributed by atoms with Crippen molar-refractivity contribution in [3.05, 3.63) is 65.5 Å². The molecule has 0 heterocycles. The molecule has 110 valence electrons. The van der Waals surface area contributed by atoms with Gasteiger partial charge in [0.1, 0.15) is 11.5 Å². The molecule has 0 saturated carbocycles. The van der Waals surface area contributed by atoms with Gasteiger partial charge in [-0.05, 0) is 5.56 Å². The molecule has 2 aromatic carbocycles. The number of rotatable bonds is 4. The fourth-order valence-corrected chi connectivity index (χ4v) is 1.95. The second-order valence-corrected chi connectivity index (χ2v) is 4.43. The second kappa shape index (κ2) is 6.41. The molecule has 0 aromatic heterocycles. The van der Waals surface area contributed by atoms with Gasteiger partial charge in [0.15, 0.2) is 11.6 Å². The normalized spacial score (nSPS) is 12.0. The van der Waals surface area contributed by atoms with E-state index in [-0.39, 0.29) is 6.54 Å². The molecule has 0 spiro atoms. The third kappa shape index (κ3) is 3.41. The van der Waals surface area contributed by atoms with E-state index in [0.717, 1.165) is 0 Å². The number of nitrogens with one attached hydrogen (secondary N) is 1. The molecule has 3 N–H and O–H groups in total. The summed E-state index contributed by atoms with van der Waals surface area (Å²) in [5.74, 6) is -4.82. The zero-order chi connectivity index (χ0) is 15.4. The molecular formula is C15H13F3N2O. The first-order valence-electron chi connectivity index (χ1n) is 6.23. The van der Waals surface area contributed by atoms with Gasteiger partial charge in [0, 0.05) is 18.7 Å². The van der Waals surface area contributed by atoms with Crippen LogP contribution in [-0.2, 0) is 4.79 Å². The number of benzene rings is 2. The minimum Gasteiger partial charge on any atom is -0.329 e. The number of amides is 1. The van der Waals surface area contributed by atoms with Gasteiger partial charge >= 0.3 is 0 Å². The lowest BCUT2D eigenvalue weighted by molar-refractivity contribution is -0.117. The Morgan fingerprint density at radius 3 is 2.19 bits per heavy atom. The molecule has 3 nitrogen and oxygen atoms in total. The van der Waals surface area contributed by atoms with E-state index in [1.807, 2.05) is 0 Å². The number of halogens is 3. The summed E-state index contributed by atoms with van der Waals surface area (Å²) < 4.78 is 39.9. The molecule has 0 aliphatic heterocycles. The summed E-state index contributed by atoms with van der Waals surface area (Å²) in [6.45, 7) is -0.0275. The van der Waals surface area contributed by atoms with Gasteiger partial charge in [0.2, 0.25) is 5.91 Å². The first-order valence-corrected chi connectivity index (χ1v) is 6.23.